The highest BCUT2D eigenvalue weighted by Gasteiger charge is 2.21. The minimum Gasteiger partial charge on any atom is -0.478 e. The third-order valence-electron chi connectivity index (χ3n) is 5.42. The highest BCUT2D eigenvalue weighted by molar-refractivity contribution is 5.93. The third-order valence-corrected chi connectivity index (χ3v) is 5.42. The summed E-state index contributed by atoms with van der Waals surface area (Å²) in [6.07, 6.45) is 7.34. The lowest BCUT2D eigenvalue weighted by Crippen LogP contribution is -2.13. The van der Waals surface area contributed by atoms with Gasteiger partial charge in [-0.05, 0) is 36.6 Å². The molecule has 3 aromatic rings. The first-order valence-corrected chi connectivity index (χ1v) is 9.75. The maximum Gasteiger partial charge on any atom is 0.335 e. The Kier molecular flexibility index (Phi) is 5.10. The van der Waals surface area contributed by atoms with E-state index in [9.17, 15) is 9.90 Å². The number of rotatable bonds is 5. The average Bonchev–Trinajstić information content (AvgIpc) is 2.85. The molecule has 1 aliphatic rings. The third kappa shape index (κ3) is 3.82. The number of aromatic nitrogens is 2. The Labute approximate surface area is 159 Å². The number of benzene rings is 2. The molecule has 0 saturated heterocycles. The summed E-state index contributed by atoms with van der Waals surface area (Å²) in [6.45, 7) is 0.697. The van der Waals surface area contributed by atoms with Crippen LogP contribution in [0.1, 0.15) is 60.5 Å². The molecule has 0 atom stereocenters. The monoisotopic (exact) mass is 363 g/mol. The number of aromatic carboxylic acids is 1. The zero-order valence-electron chi connectivity index (χ0n) is 15.4. The summed E-state index contributed by atoms with van der Waals surface area (Å²) in [7, 11) is 0. The van der Waals surface area contributed by atoms with Gasteiger partial charge in [-0.2, -0.15) is 0 Å². The van der Waals surface area contributed by atoms with E-state index < -0.39 is 5.97 Å². The normalized spacial score (nSPS) is 15.6. The zero-order valence-corrected chi connectivity index (χ0v) is 15.4. The van der Waals surface area contributed by atoms with E-state index >= 15 is 0 Å². The number of imidazole rings is 1. The fourth-order valence-electron chi connectivity index (χ4n) is 4.02. The molecule has 0 amide bonds. The molecule has 1 heterocycles. The van der Waals surface area contributed by atoms with Gasteiger partial charge in [0, 0.05) is 12.6 Å². The predicted molar refractivity (Wildman–Crippen MR) is 107 cm³/mol. The highest BCUT2D eigenvalue weighted by atomic mass is 16.4. The maximum absolute atomic E-state index is 11.3. The van der Waals surface area contributed by atoms with Crippen LogP contribution in [0.4, 0.5) is 5.95 Å². The van der Waals surface area contributed by atoms with Crippen molar-refractivity contribution in [3.8, 4) is 0 Å². The molecule has 5 nitrogen and oxygen atoms in total. The second kappa shape index (κ2) is 7.82. The van der Waals surface area contributed by atoms with Crippen molar-refractivity contribution in [2.45, 2.75) is 51.1 Å². The molecule has 2 N–H and O–H groups in total. The van der Waals surface area contributed by atoms with Crippen molar-refractivity contribution < 1.29 is 9.90 Å². The number of nitrogens with one attached hydrogen (secondary N) is 1. The highest BCUT2D eigenvalue weighted by Crippen LogP contribution is 2.34. The van der Waals surface area contributed by atoms with Crippen molar-refractivity contribution in [1.29, 1.82) is 0 Å². The number of hydrogen-bond donors (Lipinski definition) is 2. The van der Waals surface area contributed by atoms with Crippen LogP contribution in [-0.2, 0) is 6.54 Å². The van der Waals surface area contributed by atoms with E-state index in [2.05, 4.69) is 22.0 Å². The van der Waals surface area contributed by atoms with Gasteiger partial charge in [0.2, 0.25) is 5.95 Å². The van der Waals surface area contributed by atoms with Crippen LogP contribution in [0, 0.1) is 0 Å². The molecule has 0 spiro atoms. The van der Waals surface area contributed by atoms with Crippen LogP contribution in [0.3, 0.4) is 0 Å². The van der Waals surface area contributed by atoms with Crippen LogP contribution in [0.15, 0.2) is 48.5 Å². The summed E-state index contributed by atoms with van der Waals surface area (Å²) in [5, 5.41) is 12.8. The van der Waals surface area contributed by atoms with E-state index in [1.165, 1.54) is 31.2 Å². The van der Waals surface area contributed by atoms with Gasteiger partial charge in [0.25, 0.3) is 0 Å². The topological polar surface area (TPSA) is 67.2 Å². The van der Waals surface area contributed by atoms with Crippen molar-refractivity contribution in [2.24, 2.45) is 0 Å². The molecule has 1 saturated carbocycles. The molecule has 27 heavy (non-hydrogen) atoms. The predicted octanol–water partition coefficient (Wildman–Crippen LogP) is 5.24. The van der Waals surface area contributed by atoms with E-state index in [1.54, 1.807) is 12.1 Å². The Morgan fingerprint density at radius 3 is 2.52 bits per heavy atom. The Bertz CT molecular complexity index is 925. The molecule has 1 fully saturated rings. The largest absolute Gasteiger partial charge is 0.478 e. The Morgan fingerprint density at radius 1 is 1.07 bits per heavy atom. The van der Waals surface area contributed by atoms with Gasteiger partial charge >= 0.3 is 5.97 Å². The minimum atomic E-state index is -0.917. The van der Waals surface area contributed by atoms with Gasteiger partial charge in [0.15, 0.2) is 0 Å². The summed E-state index contributed by atoms with van der Waals surface area (Å²) < 4.78 is 2.30. The molecule has 2 aromatic carbocycles. The number of nitrogens with zero attached hydrogens (tertiary/aromatic N) is 2. The number of carboxylic acid groups (broad SMARTS) is 1. The van der Waals surface area contributed by atoms with E-state index in [-0.39, 0.29) is 5.56 Å². The van der Waals surface area contributed by atoms with Crippen molar-refractivity contribution in [3.05, 3.63) is 59.7 Å². The van der Waals surface area contributed by atoms with Gasteiger partial charge in [-0.15, -0.1) is 0 Å². The first-order valence-electron chi connectivity index (χ1n) is 9.75. The minimum absolute atomic E-state index is 0.280. The van der Waals surface area contributed by atoms with E-state index in [0.717, 1.165) is 29.8 Å². The maximum atomic E-state index is 11.3. The lowest BCUT2D eigenvalue weighted by Gasteiger charge is -2.20. The van der Waals surface area contributed by atoms with Gasteiger partial charge in [0.1, 0.15) is 0 Å². The molecule has 0 radical (unpaired) electrons. The van der Waals surface area contributed by atoms with Crippen LogP contribution in [0.5, 0.6) is 0 Å². The lowest BCUT2D eigenvalue weighted by atomic mass is 10.1. The Morgan fingerprint density at radius 2 is 1.81 bits per heavy atom. The molecule has 0 aliphatic heterocycles. The van der Waals surface area contributed by atoms with Crippen molar-refractivity contribution in [3.63, 3.8) is 0 Å². The lowest BCUT2D eigenvalue weighted by molar-refractivity contribution is 0.0697. The van der Waals surface area contributed by atoms with Crippen molar-refractivity contribution in [1.82, 2.24) is 9.55 Å². The van der Waals surface area contributed by atoms with Gasteiger partial charge in [-0.1, -0.05) is 56.0 Å². The number of carbonyl (C=O) groups is 1. The molecule has 1 aliphatic carbocycles. The molecule has 0 unspecified atom stereocenters. The second-order valence-corrected chi connectivity index (χ2v) is 7.30. The fraction of sp³-hybridized carbons (Fsp3) is 0.364. The SMILES string of the molecule is O=C(O)c1ccc2c(c1)nc(NCc1ccccc1)n2C1CCCCCC1. The Balaban J connectivity index is 1.72. The van der Waals surface area contributed by atoms with Gasteiger partial charge < -0.3 is 15.0 Å². The van der Waals surface area contributed by atoms with Gasteiger partial charge in [-0.25, -0.2) is 9.78 Å². The van der Waals surface area contributed by atoms with Crippen LogP contribution < -0.4 is 5.32 Å². The quantitative estimate of drug-likeness (QED) is 0.608. The summed E-state index contributed by atoms with van der Waals surface area (Å²) in [4.78, 5) is 16.1. The molecule has 0 bridgehead atoms. The van der Waals surface area contributed by atoms with E-state index in [4.69, 9.17) is 4.98 Å². The first-order chi connectivity index (χ1) is 13.2. The first kappa shape index (κ1) is 17.6. The van der Waals surface area contributed by atoms with E-state index in [1.807, 2.05) is 24.3 Å². The van der Waals surface area contributed by atoms with Crippen molar-refractivity contribution in [2.75, 3.05) is 5.32 Å². The summed E-state index contributed by atoms with van der Waals surface area (Å²) in [5.74, 6) is -0.0806. The molecule has 140 valence electrons. The molecule has 1 aromatic heterocycles. The molecular formula is C22H25N3O2. The molecule has 5 heteroatoms. The van der Waals surface area contributed by atoms with Crippen molar-refractivity contribution >= 4 is 23.0 Å². The zero-order chi connectivity index (χ0) is 18.6. The van der Waals surface area contributed by atoms with Crippen LogP contribution >= 0.6 is 0 Å². The molecule has 4 rings (SSSR count). The number of carboxylic acids is 1. The van der Waals surface area contributed by atoms with Crippen LogP contribution in [0.25, 0.3) is 11.0 Å². The second-order valence-electron chi connectivity index (χ2n) is 7.30. The number of fused-ring (bicyclic) bond motifs is 1. The summed E-state index contributed by atoms with van der Waals surface area (Å²) >= 11 is 0. The van der Waals surface area contributed by atoms with Crippen LogP contribution in [0.2, 0.25) is 0 Å². The average molecular weight is 363 g/mol. The number of anilines is 1. The van der Waals surface area contributed by atoms with Gasteiger partial charge in [0.05, 0.1) is 16.6 Å². The molecular weight excluding hydrogens is 338 g/mol. The van der Waals surface area contributed by atoms with Crippen LogP contribution in [-0.4, -0.2) is 20.6 Å². The van der Waals surface area contributed by atoms with Gasteiger partial charge in [-0.3, -0.25) is 0 Å². The number of hydrogen-bond acceptors (Lipinski definition) is 3. The Hall–Kier alpha value is -2.82. The summed E-state index contributed by atoms with van der Waals surface area (Å²) in [6, 6.07) is 15.9. The summed E-state index contributed by atoms with van der Waals surface area (Å²) in [5.41, 5.74) is 3.24. The fourth-order valence-corrected chi connectivity index (χ4v) is 4.02. The van der Waals surface area contributed by atoms with E-state index in [0.29, 0.717) is 12.6 Å². The smallest absolute Gasteiger partial charge is 0.335 e. The standard InChI is InChI=1S/C22H25N3O2/c26-21(27)17-12-13-20-19(14-17)24-22(23-15-16-8-4-3-5-9-16)25(20)18-10-6-1-2-7-11-18/h3-5,8-9,12-14,18H,1-2,6-7,10-11,15H2,(H,23,24)(H,26,27).